The predicted molar refractivity (Wildman–Crippen MR) is 51.0 cm³/mol. The molecule has 0 saturated carbocycles. The van der Waals surface area contributed by atoms with Gasteiger partial charge in [-0.15, -0.1) is 0 Å². The first-order valence-electron chi connectivity index (χ1n) is 3.86. The Kier molecular flexibility index (Phi) is 4.00. The maximum atomic E-state index is 10.9. The van der Waals surface area contributed by atoms with Gasteiger partial charge in [-0.05, 0) is 19.1 Å². The van der Waals surface area contributed by atoms with Crippen molar-refractivity contribution in [2.75, 3.05) is 0 Å². The van der Waals surface area contributed by atoms with Gasteiger partial charge >= 0.3 is 6.09 Å². The SMILES string of the molecule is C/C(Cl)=N\OC(=O)NCc1ccco1. The molecule has 0 aliphatic rings. The smallest absolute Gasteiger partial charge is 0.433 e. The van der Waals surface area contributed by atoms with Gasteiger partial charge in [-0.3, -0.25) is 4.84 Å². The Hall–Kier alpha value is -1.49. The van der Waals surface area contributed by atoms with Crippen LogP contribution in [0.2, 0.25) is 0 Å². The molecule has 0 unspecified atom stereocenters. The Labute approximate surface area is 85.7 Å². The average Bonchev–Trinajstić information content (AvgIpc) is 2.63. The highest BCUT2D eigenvalue weighted by atomic mass is 35.5. The molecule has 0 fully saturated rings. The third-order valence-corrected chi connectivity index (χ3v) is 1.31. The van der Waals surface area contributed by atoms with Crippen molar-refractivity contribution in [1.29, 1.82) is 0 Å². The molecule has 0 aliphatic heterocycles. The first-order chi connectivity index (χ1) is 6.68. The number of carbonyl (C=O) groups excluding carboxylic acids is 1. The van der Waals surface area contributed by atoms with Crippen molar-refractivity contribution < 1.29 is 14.0 Å². The zero-order valence-electron chi connectivity index (χ0n) is 7.49. The number of rotatable bonds is 3. The lowest BCUT2D eigenvalue weighted by atomic mass is 10.4. The summed E-state index contributed by atoms with van der Waals surface area (Å²) in [4.78, 5) is 15.3. The molecule has 0 bridgehead atoms. The number of carbonyl (C=O) groups is 1. The van der Waals surface area contributed by atoms with Crippen LogP contribution in [-0.2, 0) is 11.4 Å². The number of halogens is 1. The normalized spacial score (nSPS) is 11.1. The van der Waals surface area contributed by atoms with E-state index in [2.05, 4.69) is 15.3 Å². The van der Waals surface area contributed by atoms with Crippen LogP contribution < -0.4 is 5.32 Å². The van der Waals surface area contributed by atoms with Crippen LogP contribution >= 0.6 is 11.6 Å². The number of hydrogen-bond donors (Lipinski definition) is 1. The van der Waals surface area contributed by atoms with Crippen LogP contribution in [0, 0.1) is 0 Å². The molecule has 5 nitrogen and oxygen atoms in total. The minimum absolute atomic E-state index is 0.151. The summed E-state index contributed by atoms with van der Waals surface area (Å²) in [5.74, 6) is 0.633. The minimum Gasteiger partial charge on any atom is -0.467 e. The molecule has 1 heterocycles. The van der Waals surface area contributed by atoms with Crippen molar-refractivity contribution >= 4 is 22.9 Å². The summed E-state index contributed by atoms with van der Waals surface area (Å²) in [6, 6.07) is 3.46. The number of nitrogens with one attached hydrogen (secondary N) is 1. The van der Waals surface area contributed by atoms with E-state index in [-0.39, 0.29) is 11.7 Å². The van der Waals surface area contributed by atoms with Crippen LogP contribution in [-0.4, -0.2) is 11.3 Å². The Morgan fingerprint density at radius 2 is 2.57 bits per heavy atom. The standard InChI is InChI=1S/C8H9ClN2O3/c1-6(9)11-14-8(12)10-5-7-3-2-4-13-7/h2-4H,5H2,1H3,(H,10,12)/b11-6+. The molecule has 1 aromatic heterocycles. The molecule has 1 rings (SSSR count). The van der Waals surface area contributed by atoms with Crippen molar-refractivity contribution in [1.82, 2.24) is 5.32 Å². The quantitative estimate of drug-likeness (QED) is 0.478. The largest absolute Gasteiger partial charge is 0.467 e. The molecule has 0 saturated heterocycles. The Morgan fingerprint density at radius 1 is 1.79 bits per heavy atom. The van der Waals surface area contributed by atoms with Crippen LogP contribution in [0.25, 0.3) is 0 Å². The molecule has 76 valence electrons. The third kappa shape index (κ3) is 3.95. The first kappa shape index (κ1) is 10.6. The van der Waals surface area contributed by atoms with Gasteiger partial charge < -0.3 is 9.73 Å². The zero-order valence-corrected chi connectivity index (χ0v) is 8.25. The van der Waals surface area contributed by atoms with E-state index in [0.29, 0.717) is 5.76 Å². The predicted octanol–water partition coefficient (Wildman–Crippen LogP) is 2.08. The third-order valence-electron chi connectivity index (χ3n) is 1.24. The van der Waals surface area contributed by atoms with Crippen LogP contribution in [0.5, 0.6) is 0 Å². The fourth-order valence-corrected chi connectivity index (χ4v) is 0.744. The summed E-state index contributed by atoms with van der Waals surface area (Å²) in [5.41, 5.74) is 0. The highest BCUT2D eigenvalue weighted by molar-refractivity contribution is 6.64. The van der Waals surface area contributed by atoms with E-state index >= 15 is 0 Å². The van der Waals surface area contributed by atoms with E-state index in [9.17, 15) is 4.79 Å². The number of nitrogens with zero attached hydrogens (tertiary/aromatic N) is 1. The van der Waals surface area contributed by atoms with Gasteiger partial charge in [0.2, 0.25) is 0 Å². The lowest BCUT2D eigenvalue weighted by Gasteiger charge is -1.99. The molecule has 1 N–H and O–H groups in total. The number of oxime groups is 1. The monoisotopic (exact) mass is 216 g/mol. The topological polar surface area (TPSA) is 63.8 Å². The van der Waals surface area contributed by atoms with Crippen molar-refractivity contribution in [2.24, 2.45) is 5.16 Å². The summed E-state index contributed by atoms with van der Waals surface area (Å²) in [6.45, 7) is 1.75. The van der Waals surface area contributed by atoms with Gasteiger partial charge in [-0.1, -0.05) is 16.8 Å². The van der Waals surface area contributed by atoms with Crippen LogP contribution in [0.4, 0.5) is 4.79 Å². The highest BCUT2D eigenvalue weighted by Gasteiger charge is 2.02. The molecular weight excluding hydrogens is 208 g/mol. The van der Waals surface area contributed by atoms with Gasteiger partial charge in [0, 0.05) is 0 Å². The molecule has 6 heteroatoms. The summed E-state index contributed by atoms with van der Waals surface area (Å²) < 4.78 is 4.98. The summed E-state index contributed by atoms with van der Waals surface area (Å²) >= 11 is 5.35. The number of amides is 1. The molecule has 14 heavy (non-hydrogen) atoms. The lowest BCUT2D eigenvalue weighted by molar-refractivity contribution is 0.149. The summed E-state index contributed by atoms with van der Waals surface area (Å²) in [6.07, 6.45) is 0.838. The maximum Gasteiger partial charge on any atom is 0.433 e. The fourth-order valence-electron chi connectivity index (χ4n) is 0.709. The molecule has 1 aromatic rings. The van der Waals surface area contributed by atoms with E-state index in [4.69, 9.17) is 16.0 Å². The molecule has 0 radical (unpaired) electrons. The maximum absolute atomic E-state index is 10.9. The fraction of sp³-hybridized carbons (Fsp3) is 0.250. The molecular formula is C8H9ClN2O3. The van der Waals surface area contributed by atoms with E-state index in [0.717, 1.165) is 0 Å². The van der Waals surface area contributed by atoms with Crippen molar-refractivity contribution in [3.8, 4) is 0 Å². The minimum atomic E-state index is -0.679. The Balaban J connectivity index is 2.25. The van der Waals surface area contributed by atoms with Crippen LogP contribution in [0.1, 0.15) is 12.7 Å². The second-order valence-corrected chi connectivity index (χ2v) is 2.95. The summed E-state index contributed by atoms with van der Waals surface area (Å²) in [7, 11) is 0. The molecule has 1 amide bonds. The van der Waals surface area contributed by atoms with Gasteiger partial charge in [-0.2, -0.15) is 0 Å². The van der Waals surface area contributed by atoms with Crippen molar-refractivity contribution in [3.63, 3.8) is 0 Å². The zero-order chi connectivity index (χ0) is 10.4. The van der Waals surface area contributed by atoms with E-state index in [1.807, 2.05) is 0 Å². The number of hydrogen-bond acceptors (Lipinski definition) is 4. The van der Waals surface area contributed by atoms with Gasteiger partial charge in [0.15, 0.2) is 0 Å². The van der Waals surface area contributed by atoms with E-state index in [1.54, 1.807) is 12.1 Å². The number of furan rings is 1. The highest BCUT2D eigenvalue weighted by Crippen LogP contribution is 1.98. The first-order valence-corrected chi connectivity index (χ1v) is 4.23. The second-order valence-electron chi connectivity index (χ2n) is 2.40. The molecule has 0 atom stereocenters. The van der Waals surface area contributed by atoms with E-state index in [1.165, 1.54) is 13.2 Å². The lowest BCUT2D eigenvalue weighted by Crippen LogP contribution is -2.21. The van der Waals surface area contributed by atoms with E-state index < -0.39 is 6.09 Å². The van der Waals surface area contributed by atoms with Gasteiger partial charge in [0.25, 0.3) is 0 Å². The second kappa shape index (κ2) is 5.29. The van der Waals surface area contributed by atoms with Gasteiger partial charge in [-0.25, -0.2) is 4.79 Å². The molecule has 0 spiro atoms. The van der Waals surface area contributed by atoms with Crippen LogP contribution in [0.3, 0.4) is 0 Å². The Bertz CT molecular complexity index is 317. The molecule has 0 aromatic carbocycles. The summed E-state index contributed by atoms with van der Waals surface area (Å²) in [5, 5.41) is 5.83. The average molecular weight is 217 g/mol. The van der Waals surface area contributed by atoms with Crippen molar-refractivity contribution in [2.45, 2.75) is 13.5 Å². The Morgan fingerprint density at radius 3 is 3.14 bits per heavy atom. The van der Waals surface area contributed by atoms with Crippen molar-refractivity contribution in [3.05, 3.63) is 24.2 Å². The van der Waals surface area contributed by atoms with Gasteiger partial charge in [0.1, 0.15) is 10.9 Å². The van der Waals surface area contributed by atoms with Gasteiger partial charge in [0.05, 0.1) is 12.8 Å². The van der Waals surface area contributed by atoms with Crippen LogP contribution in [0.15, 0.2) is 28.0 Å². The molecule has 0 aliphatic carbocycles.